The first-order valence-electron chi connectivity index (χ1n) is 8.58. The summed E-state index contributed by atoms with van der Waals surface area (Å²) in [7, 11) is 2.16. The lowest BCUT2D eigenvalue weighted by Gasteiger charge is -2.31. The van der Waals surface area contributed by atoms with Crippen LogP contribution in [-0.2, 0) is 16.0 Å². The maximum Gasteiger partial charge on any atom is 0.228 e. The Kier molecular flexibility index (Phi) is 4.66. The average Bonchev–Trinajstić information content (AvgIpc) is 2.97. The molecule has 0 saturated carbocycles. The normalized spacial score (nSPS) is 22.7. The summed E-state index contributed by atoms with van der Waals surface area (Å²) in [6.45, 7) is 6.23. The highest BCUT2D eigenvalue weighted by Crippen LogP contribution is 2.26. The molecule has 0 spiro atoms. The first-order valence-corrected chi connectivity index (χ1v) is 8.58. The van der Waals surface area contributed by atoms with Crippen molar-refractivity contribution in [2.24, 2.45) is 5.92 Å². The van der Waals surface area contributed by atoms with Crippen molar-refractivity contribution in [3.8, 4) is 0 Å². The van der Waals surface area contributed by atoms with E-state index in [4.69, 9.17) is 0 Å². The molecule has 1 aromatic rings. The summed E-state index contributed by atoms with van der Waals surface area (Å²) in [4.78, 5) is 30.2. The van der Waals surface area contributed by atoms with E-state index in [0.29, 0.717) is 13.0 Å². The van der Waals surface area contributed by atoms with Gasteiger partial charge in [0.2, 0.25) is 11.8 Å². The Bertz CT molecular complexity index is 576. The lowest BCUT2D eigenvalue weighted by atomic mass is 10.1. The van der Waals surface area contributed by atoms with Gasteiger partial charge in [0.05, 0.1) is 39.1 Å². The number of piperazine rings is 1. The molecule has 2 fully saturated rings. The molecule has 0 aromatic heterocycles. The lowest BCUT2D eigenvalue weighted by molar-refractivity contribution is -0.883. The first-order chi connectivity index (χ1) is 11.1. The summed E-state index contributed by atoms with van der Waals surface area (Å²) in [6.07, 6.45) is 1.33. The third kappa shape index (κ3) is 3.39. The highest BCUT2D eigenvalue weighted by molar-refractivity contribution is 6.00. The Morgan fingerprint density at radius 3 is 2.48 bits per heavy atom. The van der Waals surface area contributed by atoms with Crippen molar-refractivity contribution in [1.82, 2.24) is 4.90 Å². The summed E-state index contributed by atoms with van der Waals surface area (Å²) >= 11 is 0. The minimum Gasteiger partial charge on any atom is -0.334 e. The van der Waals surface area contributed by atoms with E-state index in [2.05, 4.69) is 26.1 Å². The van der Waals surface area contributed by atoms with E-state index in [1.165, 1.54) is 10.5 Å². The minimum atomic E-state index is -0.188. The minimum absolute atomic E-state index is 0.0624. The summed E-state index contributed by atoms with van der Waals surface area (Å²) < 4.78 is 0. The predicted octanol–water partition coefficient (Wildman–Crippen LogP) is -0.0412. The maximum absolute atomic E-state index is 12.7. The maximum atomic E-state index is 12.7. The number of carbonyl (C=O) groups is 2. The third-order valence-corrected chi connectivity index (χ3v) is 5.06. The van der Waals surface area contributed by atoms with E-state index in [9.17, 15) is 9.59 Å². The molecule has 2 saturated heterocycles. The van der Waals surface area contributed by atoms with Crippen LogP contribution in [0.1, 0.15) is 18.9 Å². The van der Waals surface area contributed by atoms with E-state index in [-0.39, 0.29) is 17.7 Å². The van der Waals surface area contributed by atoms with E-state index in [0.717, 1.165) is 38.3 Å². The smallest absolute Gasteiger partial charge is 0.228 e. The van der Waals surface area contributed by atoms with E-state index < -0.39 is 0 Å². The predicted molar refractivity (Wildman–Crippen MR) is 89.5 cm³/mol. The summed E-state index contributed by atoms with van der Waals surface area (Å²) in [5.74, 6) is 0.0256. The van der Waals surface area contributed by atoms with E-state index in [1.807, 2.05) is 17.0 Å². The van der Waals surface area contributed by atoms with Crippen LogP contribution in [0.4, 0.5) is 5.69 Å². The monoisotopic (exact) mass is 316 g/mol. The second-order valence-electron chi connectivity index (χ2n) is 6.71. The van der Waals surface area contributed by atoms with Crippen LogP contribution in [0.2, 0.25) is 0 Å². The zero-order valence-corrected chi connectivity index (χ0v) is 14.0. The number of rotatable bonds is 3. The molecule has 23 heavy (non-hydrogen) atoms. The number of hydrogen-bond donors (Lipinski definition) is 1. The topological polar surface area (TPSA) is 45.1 Å². The molecule has 5 nitrogen and oxygen atoms in total. The molecule has 2 amide bonds. The van der Waals surface area contributed by atoms with Crippen molar-refractivity contribution < 1.29 is 14.5 Å². The molecule has 1 aromatic carbocycles. The number of aryl methyl sites for hydroxylation is 1. The van der Waals surface area contributed by atoms with E-state index in [1.54, 1.807) is 4.90 Å². The molecular formula is C18H26N3O2+. The van der Waals surface area contributed by atoms with Crippen LogP contribution < -0.4 is 9.80 Å². The van der Waals surface area contributed by atoms with Crippen molar-refractivity contribution in [2.45, 2.75) is 19.8 Å². The van der Waals surface area contributed by atoms with E-state index >= 15 is 0 Å². The van der Waals surface area contributed by atoms with Gasteiger partial charge < -0.3 is 14.7 Å². The zero-order chi connectivity index (χ0) is 16.4. The number of amides is 2. The van der Waals surface area contributed by atoms with Gasteiger partial charge >= 0.3 is 0 Å². The second kappa shape index (κ2) is 6.71. The van der Waals surface area contributed by atoms with Crippen molar-refractivity contribution in [3.63, 3.8) is 0 Å². The Morgan fingerprint density at radius 2 is 1.87 bits per heavy atom. The fourth-order valence-electron chi connectivity index (χ4n) is 3.40. The first kappa shape index (κ1) is 16.0. The fraction of sp³-hybridized carbons (Fsp3) is 0.556. The average molecular weight is 316 g/mol. The molecule has 2 heterocycles. The van der Waals surface area contributed by atoms with Crippen molar-refractivity contribution in [1.29, 1.82) is 0 Å². The van der Waals surface area contributed by atoms with Gasteiger partial charge in [-0.3, -0.25) is 9.59 Å². The molecule has 1 atom stereocenters. The molecular weight excluding hydrogens is 290 g/mol. The number of nitrogens with one attached hydrogen (secondary N) is 1. The Labute approximate surface area is 137 Å². The van der Waals surface area contributed by atoms with Gasteiger partial charge in [0.15, 0.2) is 0 Å². The standard InChI is InChI=1S/C18H25N3O2/c1-3-14-4-6-16(7-5-14)21-13-15(12-17(21)22)18(23)20-10-8-19(2)9-11-20/h4-7,15H,3,8-13H2,1-2H3/p+1/t15-/m1/s1. The Balaban J connectivity index is 1.65. The van der Waals surface area contributed by atoms with Crippen LogP contribution >= 0.6 is 0 Å². The molecule has 3 rings (SSSR count). The fourth-order valence-corrected chi connectivity index (χ4v) is 3.40. The molecule has 0 aliphatic carbocycles. The van der Waals surface area contributed by atoms with Gasteiger partial charge in [0.1, 0.15) is 0 Å². The SMILES string of the molecule is CCc1ccc(N2C[C@H](C(=O)N3CC[NH+](C)CC3)CC2=O)cc1. The van der Waals surface area contributed by atoms with Crippen LogP contribution in [0.5, 0.6) is 0 Å². The van der Waals surface area contributed by atoms with Gasteiger partial charge in [-0.2, -0.15) is 0 Å². The highest BCUT2D eigenvalue weighted by Gasteiger charge is 2.38. The van der Waals surface area contributed by atoms with Crippen LogP contribution in [-0.4, -0.2) is 56.5 Å². The summed E-state index contributed by atoms with van der Waals surface area (Å²) in [6, 6.07) is 8.09. The molecule has 0 unspecified atom stereocenters. The number of anilines is 1. The van der Waals surface area contributed by atoms with Gasteiger partial charge in [-0.25, -0.2) is 0 Å². The van der Waals surface area contributed by atoms with Crippen LogP contribution in [0.3, 0.4) is 0 Å². The molecule has 1 N–H and O–H groups in total. The van der Waals surface area contributed by atoms with Crippen LogP contribution in [0.25, 0.3) is 0 Å². The number of likely N-dealkylation sites (N-methyl/N-ethyl adjacent to an activating group) is 1. The quantitative estimate of drug-likeness (QED) is 0.850. The zero-order valence-electron chi connectivity index (χ0n) is 14.0. The van der Waals surface area contributed by atoms with Gasteiger partial charge in [-0.15, -0.1) is 0 Å². The van der Waals surface area contributed by atoms with Crippen molar-refractivity contribution in [2.75, 3.05) is 44.7 Å². The highest BCUT2D eigenvalue weighted by atomic mass is 16.2. The van der Waals surface area contributed by atoms with Gasteiger partial charge in [-0.05, 0) is 24.1 Å². The molecule has 5 heteroatoms. The third-order valence-electron chi connectivity index (χ3n) is 5.06. The summed E-state index contributed by atoms with van der Waals surface area (Å²) in [5.41, 5.74) is 2.17. The number of benzene rings is 1. The van der Waals surface area contributed by atoms with Gasteiger partial charge in [0, 0.05) is 18.7 Å². The number of nitrogens with zero attached hydrogens (tertiary/aromatic N) is 2. The second-order valence-corrected chi connectivity index (χ2v) is 6.71. The number of carbonyl (C=O) groups excluding carboxylic acids is 2. The largest absolute Gasteiger partial charge is 0.334 e. The Hall–Kier alpha value is -1.88. The van der Waals surface area contributed by atoms with Gasteiger partial charge in [0.25, 0.3) is 0 Å². The Morgan fingerprint density at radius 1 is 1.22 bits per heavy atom. The summed E-state index contributed by atoms with van der Waals surface area (Å²) in [5, 5.41) is 0. The van der Waals surface area contributed by atoms with Crippen molar-refractivity contribution >= 4 is 17.5 Å². The number of quaternary nitrogens is 1. The van der Waals surface area contributed by atoms with Gasteiger partial charge in [-0.1, -0.05) is 19.1 Å². The van der Waals surface area contributed by atoms with Crippen LogP contribution in [0.15, 0.2) is 24.3 Å². The molecule has 2 aliphatic heterocycles. The van der Waals surface area contributed by atoms with Crippen molar-refractivity contribution in [3.05, 3.63) is 29.8 Å². The number of hydrogen-bond acceptors (Lipinski definition) is 2. The lowest BCUT2D eigenvalue weighted by Crippen LogP contribution is -3.12. The van der Waals surface area contributed by atoms with Crippen LogP contribution in [0, 0.1) is 5.92 Å². The molecule has 2 aliphatic rings. The molecule has 124 valence electrons. The molecule has 0 radical (unpaired) electrons. The molecule has 0 bridgehead atoms.